The van der Waals surface area contributed by atoms with Gasteiger partial charge in [0.1, 0.15) is 0 Å². The van der Waals surface area contributed by atoms with Gasteiger partial charge in [0.2, 0.25) is 0 Å². The maximum atomic E-state index is 10.6. The molecule has 0 atom stereocenters. The second-order valence-corrected chi connectivity index (χ2v) is 3.47. The Morgan fingerprint density at radius 3 is 2.93 bits per heavy atom. The number of nitro groups is 1. The maximum absolute atomic E-state index is 10.6. The Morgan fingerprint density at radius 2 is 2.36 bits per heavy atom. The first kappa shape index (κ1) is 11.1. The molecule has 0 aromatic heterocycles. The molecule has 0 saturated heterocycles. The lowest BCUT2D eigenvalue weighted by Crippen LogP contribution is -2.12. The fourth-order valence-electron chi connectivity index (χ4n) is 1.02. The Morgan fingerprint density at radius 1 is 1.64 bits per heavy atom. The number of nitrogens with zero attached hydrogens (tertiary/aromatic N) is 1. The zero-order valence-corrected chi connectivity index (χ0v) is 9.08. The summed E-state index contributed by atoms with van der Waals surface area (Å²) < 4.78 is 0.802. The van der Waals surface area contributed by atoms with Crippen LogP contribution in [-0.2, 0) is 11.4 Å². The molecule has 0 heterocycles. The number of hydroxylamine groups is 1. The molecule has 6 heteroatoms. The highest BCUT2D eigenvalue weighted by Crippen LogP contribution is 2.22. The Labute approximate surface area is 89.3 Å². The van der Waals surface area contributed by atoms with Crippen LogP contribution in [0.3, 0.4) is 0 Å². The second-order valence-electron chi connectivity index (χ2n) is 2.56. The van der Waals surface area contributed by atoms with E-state index in [1.165, 1.54) is 13.2 Å². The number of benzene rings is 1. The quantitative estimate of drug-likeness (QED) is 0.665. The van der Waals surface area contributed by atoms with Crippen molar-refractivity contribution in [1.29, 1.82) is 0 Å². The van der Waals surface area contributed by atoms with E-state index in [1.807, 2.05) is 0 Å². The van der Waals surface area contributed by atoms with E-state index in [-0.39, 0.29) is 5.69 Å². The summed E-state index contributed by atoms with van der Waals surface area (Å²) in [5, 5.41) is 10.6. The van der Waals surface area contributed by atoms with Gasteiger partial charge in [0.15, 0.2) is 0 Å². The summed E-state index contributed by atoms with van der Waals surface area (Å²) in [4.78, 5) is 14.8. The molecule has 1 rings (SSSR count). The van der Waals surface area contributed by atoms with Gasteiger partial charge in [0.25, 0.3) is 5.69 Å². The summed E-state index contributed by atoms with van der Waals surface area (Å²) in [6.45, 7) is 0.298. The molecule has 1 N–H and O–H groups in total. The lowest BCUT2D eigenvalue weighted by Gasteiger charge is -2.03. The smallest absolute Gasteiger partial charge is 0.274 e. The summed E-state index contributed by atoms with van der Waals surface area (Å²) in [6.07, 6.45) is 0. The van der Waals surface area contributed by atoms with E-state index >= 15 is 0 Å². The second kappa shape index (κ2) is 5.04. The van der Waals surface area contributed by atoms with Crippen LogP contribution in [0.25, 0.3) is 0 Å². The molecule has 0 unspecified atom stereocenters. The summed E-state index contributed by atoms with van der Waals surface area (Å²) in [5.74, 6) is 0. The molecule has 14 heavy (non-hydrogen) atoms. The standard InChI is InChI=1S/C8H9BrN2O3/c1-14-10-5-6-4-7(9)2-3-8(6)11(12)13/h2-4,10H,5H2,1H3. The van der Waals surface area contributed by atoms with Crippen LogP contribution in [0.5, 0.6) is 0 Å². The summed E-state index contributed by atoms with van der Waals surface area (Å²) in [5.41, 5.74) is 3.22. The van der Waals surface area contributed by atoms with Gasteiger partial charge in [-0.3, -0.25) is 10.1 Å². The molecule has 5 nitrogen and oxygen atoms in total. The van der Waals surface area contributed by atoms with Crippen LogP contribution < -0.4 is 5.48 Å². The first-order valence-electron chi connectivity index (χ1n) is 3.84. The van der Waals surface area contributed by atoms with E-state index in [4.69, 9.17) is 0 Å². The molecule has 0 saturated carbocycles. The number of nitrogens with one attached hydrogen (secondary N) is 1. The van der Waals surface area contributed by atoms with Crippen molar-refractivity contribution in [3.8, 4) is 0 Å². The van der Waals surface area contributed by atoms with E-state index in [0.29, 0.717) is 12.1 Å². The summed E-state index contributed by atoms with van der Waals surface area (Å²) in [6, 6.07) is 4.77. The van der Waals surface area contributed by atoms with Gasteiger partial charge >= 0.3 is 0 Å². The average Bonchev–Trinajstić information content (AvgIpc) is 2.14. The molecular weight excluding hydrogens is 252 g/mol. The van der Waals surface area contributed by atoms with Crippen molar-refractivity contribution in [2.24, 2.45) is 0 Å². The van der Waals surface area contributed by atoms with Crippen molar-refractivity contribution in [3.63, 3.8) is 0 Å². The van der Waals surface area contributed by atoms with Crippen LogP contribution in [0.15, 0.2) is 22.7 Å². The van der Waals surface area contributed by atoms with Crippen LogP contribution >= 0.6 is 15.9 Å². The third kappa shape index (κ3) is 2.76. The summed E-state index contributed by atoms with van der Waals surface area (Å²) >= 11 is 3.25. The van der Waals surface area contributed by atoms with Crippen molar-refractivity contribution in [2.75, 3.05) is 7.11 Å². The fourth-order valence-corrected chi connectivity index (χ4v) is 1.43. The van der Waals surface area contributed by atoms with E-state index in [1.54, 1.807) is 12.1 Å². The van der Waals surface area contributed by atoms with Gasteiger partial charge in [-0.25, -0.2) is 0 Å². The topological polar surface area (TPSA) is 64.4 Å². The summed E-state index contributed by atoms with van der Waals surface area (Å²) in [7, 11) is 1.46. The van der Waals surface area contributed by atoms with E-state index < -0.39 is 4.92 Å². The van der Waals surface area contributed by atoms with Crippen LogP contribution in [0, 0.1) is 10.1 Å². The molecule has 0 aliphatic heterocycles. The monoisotopic (exact) mass is 260 g/mol. The molecule has 0 aliphatic rings. The average molecular weight is 261 g/mol. The maximum Gasteiger partial charge on any atom is 0.274 e. The number of hydrogen-bond acceptors (Lipinski definition) is 4. The highest BCUT2D eigenvalue weighted by Gasteiger charge is 2.12. The normalized spacial score (nSPS) is 10.1. The highest BCUT2D eigenvalue weighted by molar-refractivity contribution is 9.10. The van der Waals surface area contributed by atoms with Gasteiger partial charge < -0.3 is 4.84 Å². The van der Waals surface area contributed by atoms with Gasteiger partial charge in [-0.2, -0.15) is 5.48 Å². The Bertz CT molecular complexity index is 343. The number of hydrogen-bond donors (Lipinski definition) is 1. The molecule has 0 amide bonds. The molecule has 0 bridgehead atoms. The van der Waals surface area contributed by atoms with Crippen molar-refractivity contribution in [1.82, 2.24) is 5.48 Å². The van der Waals surface area contributed by atoms with E-state index in [0.717, 1.165) is 4.47 Å². The molecule has 0 aliphatic carbocycles. The molecule has 1 aromatic rings. The van der Waals surface area contributed by atoms with Crippen LogP contribution in [0.1, 0.15) is 5.56 Å². The van der Waals surface area contributed by atoms with Gasteiger partial charge in [-0.15, -0.1) is 0 Å². The molecule has 76 valence electrons. The first-order chi connectivity index (χ1) is 6.65. The minimum atomic E-state index is -0.418. The van der Waals surface area contributed by atoms with Crippen LogP contribution in [0.2, 0.25) is 0 Å². The SMILES string of the molecule is CONCc1cc(Br)ccc1[N+](=O)[O-]. The number of rotatable bonds is 4. The van der Waals surface area contributed by atoms with Crippen molar-refractivity contribution in [2.45, 2.75) is 6.54 Å². The first-order valence-corrected chi connectivity index (χ1v) is 4.63. The number of nitro benzene ring substituents is 1. The van der Waals surface area contributed by atoms with Crippen molar-refractivity contribution < 1.29 is 9.76 Å². The predicted molar refractivity (Wildman–Crippen MR) is 54.6 cm³/mol. The van der Waals surface area contributed by atoms with Crippen LogP contribution in [-0.4, -0.2) is 12.0 Å². The third-order valence-corrected chi connectivity index (χ3v) is 2.14. The highest BCUT2D eigenvalue weighted by atomic mass is 79.9. The minimum absolute atomic E-state index is 0.0813. The van der Waals surface area contributed by atoms with Gasteiger partial charge in [-0.05, 0) is 12.1 Å². The van der Waals surface area contributed by atoms with Gasteiger partial charge in [0.05, 0.1) is 18.6 Å². The van der Waals surface area contributed by atoms with E-state index in [2.05, 4.69) is 26.2 Å². The third-order valence-electron chi connectivity index (χ3n) is 1.65. The zero-order chi connectivity index (χ0) is 10.6. The van der Waals surface area contributed by atoms with Gasteiger partial charge in [-0.1, -0.05) is 15.9 Å². The Balaban J connectivity index is 2.97. The fraction of sp³-hybridized carbons (Fsp3) is 0.250. The number of halogens is 1. The molecule has 0 radical (unpaired) electrons. The van der Waals surface area contributed by atoms with Crippen molar-refractivity contribution in [3.05, 3.63) is 38.3 Å². The Hall–Kier alpha value is -0.980. The van der Waals surface area contributed by atoms with Crippen LogP contribution in [0.4, 0.5) is 5.69 Å². The lowest BCUT2D eigenvalue weighted by atomic mass is 10.2. The minimum Gasteiger partial charge on any atom is -0.305 e. The molecule has 0 spiro atoms. The molecule has 1 aromatic carbocycles. The Kier molecular flexibility index (Phi) is 3.99. The van der Waals surface area contributed by atoms with Gasteiger partial charge in [0, 0.05) is 16.1 Å². The largest absolute Gasteiger partial charge is 0.305 e. The van der Waals surface area contributed by atoms with Crippen molar-refractivity contribution >= 4 is 21.6 Å². The predicted octanol–water partition coefficient (Wildman–Crippen LogP) is 2.01. The van der Waals surface area contributed by atoms with E-state index in [9.17, 15) is 10.1 Å². The molecular formula is C8H9BrN2O3. The lowest BCUT2D eigenvalue weighted by molar-refractivity contribution is -0.385. The molecule has 0 fully saturated rings. The zero-order valence-electron chi connectivity index (χ0n) is 7.49.